The monoisotopic (exact) mass is 467 g/mol. The van der Waals surface area contributed by atoms with Crippen molar-refractivity contribution in [3.63, 3.8) is 0 Å². The Balaban J connectivity index is 1.57. The number of amides is 2. The van der Waals surface area contributed by atoms with Gasteiger partial charge in [0.1, 0.15) is 17.9 Å². The van der Waals surface area contributed by atoms with Gasteiger partial charge < -0.3 is 20.1 Å². The van der Waals surface area contributed by atoms with E-state index in [9.17, 15) is 19.2 Å². The van der Waals surface area contributed by atoms with Crippen LogP contribution in [0.25, 0.3) is 10.9 Å². The molecule has 0 spiro atoms. The van der Waals surface area contributed by atoms with Gasteiger partial charge in [0.05, 0.1) is 11.6 Å². The first-order valence-corrected chi connectivity index (χ1v) is 12.4. The zero-order valence-corrected chi connectivity index (χ0v) is 20.0. The Labute approximate surface area is 200 Å². The van der Waals surface area contributed by atoms with Crippen molar-refractivity contribution in [1.29, 1.82) is 5.26 Å². The first-order valence-electron chi connectivity index (χ1n) is 12.4. The molecule has 0 bridgehead atoms. The van der Waals surface area contributed by atoms with Crippen molar-refractivity contribution in [3.05, 3.63) is 35.8 Å². The molecule has 34 heavy (non-hydrogen) atoms. The maximum absolute atomic E-state index is 13.8. The first-order chi connectivity index (χ1) is 16.4. The van der Waals surface area contributed by atoms with E-state index in [1.165, 1.54) is 18.6 Å². The summed E-state index contributed by atoms with van der Waals surface area (Å²) in [7, 11) is 1.74. The predicted octanol–water partition coefficient (Wildman–Crippen LogP) is 3.32. The van der Waals surface area contributed by atoms with Crippen LogP contribution in [0.2, 0.25) is 0 Å². The molecule has 8 heteroatoms. The summed E-state index contributed by atoms with van der Waals surface area (Å²) in [5, 5.41) is 16.1. The number of benzene rings is 1. The Kier molecular flexibility index (Phi) is 7.52. The molecule has 2 amide bonds. The number of nitrogens with zero attached hydrogens (tertiary/aromatic N) is 3. The number of rotatable bonds is 7. The quantitative estimate of drug-likeness (QED) is 0.654. The number of nitriles is 1. The van der Waals surface area contributed by atoms with Crippen molar-refractivity contribution >= 4 is 22.7 Å². The van der Waals surface area contributed by atoms with E-state index in [-0.39, 0.29) is 35.6 Å². The summed E-state index contributed by atoms with van der Waals surface area (Å²) in [5.74, 6) is -0.384. The Bertz CT molecular complexity index is 1080. The Hall–Kier alpha value is -2.92. The van der Waals surface area contributed by atoms with Crippen molar-refractivity contribution in [2.75, 3.05) is 13.6 Å². The molecule has 1 aliphatic carbocycles. The van der Waals surface area contributed by atoms with Crippen molar-refractivity contribution in [1.82, 2.24) is 20.1 Å². The molecule has 1 saturated carbocycles. The van der Waals surface area contributed by atoms with E-state index >= 15 is 0 Å². The van der Waals surface area contributed by atoms with Crippen LogP contribution >= 0.6 is 0 Å². The highest BCUT2D eigenvalue weighted by atomic mass is 19.1. The van der Waals surface area contributed by atoms with Crippen molar-refractivity contribution in [2.24, 2.45) is 5.92 Å². The lowest BCUT2D eigenvalue weighted by molar-refractivity contribution is -0.139. The van der Waals surface area contributed by atoms with E-state index in [2.05, 4.69) is 16.7 Å². The van der Waals surface area contributed by atoms with Gasteiger partial charge in [-0.25, -0.2) is 4.39 Å². The van der Waals surface area contributed by atoms with Gasteiger partial charge in [-0.05, 0) is 63.8 Å². The standard InChI is InChI=1S/C26H34FN5O2/c1-17(29-2)25(33)30-24(18-7-4-3-5-8-18)26(34)32-12-6-9-21(32)16-31-15-19(14-28)22-13-20(27)10-11-23(22)31/h10-11,13,15,17-18,21,24,29H,3-9,12,16H2,1-2H3,(H,30,33)/t17-,21-,24-/m0/s1. The molecule has 0 radical (unpaired) electrons. The summed E-state index contributed by atoms with van der Waals surface area (Å²) in [6, 6.07) is 5.70. The average molecular weight is 468 g/mol. The van der Waals surface area contributed by atoms with Crippen molar-refractivity contribution < 1.29 is 14.0 Å². The second-order valence-electron chi connectivity index (χ2n) is 9.69. The van der Waals surface area contributed by atoms with Gasteiger partial charge in [0.2, 0.25) is 11.8 Å². The fraction of sp³-hybridized carbons (Fsp3) is 0.577. The van der Waals surface area contributed by atoms with Gasteiger partial charge >= 0.3 is 0 Å². The number of fused-ring (bicyclic) bond motifs is 1. The molecule has 1 aromatic carbocycles. The van der Waals surface area contributed by atoms with Crippen LogP contribution in [0.3, 0.4) is 0 Å². The summed E-state index contributed by atoms with van der Waals surface area (Å²) in [5.41, 5.74) is 1.22. The van der Waals surface area contributed by atoms with Crippen LogP contribution in [0, 0.1) is 23.1 Å². The molecule has 2 heterocycles. The molecule has 4 rings (SSSR count). The molecular weight excluding hydrogens is 433 g/mol. The highest BCUT2D eigenvalue weighted by Crippen LogP contribution is 2.30. The van der Waals surface area contributed by atoms with E-state index in [1.807, 2.05) is 9.47 Å². The van der Waals surface area contributed by atoms with E-state index in [0.717, 1.165) is 44.0 Å². The van der Waals surface area contributed by atoms with Gasteiger partial charge in [-0.1, -0.05) is 19.3 Å². The molecule has 2 aliphatic rings. The summed E-state index contributed by atoms with van der Waals surface area (Å²) in [6.07, 6.45) is 8.73. The second kappa shape index (κ2) is 10.6. The summed E-state index contributed by atoms with van der Waals surface area (Å²) in [4.78, 5) is 28.5. The van der Waals surface area contributed by atoms with Gasteiger partial charge in [-0.2, -0.15) is 5.26 Å². The molecule has 2 N–H and O–H groups in total. The topological polar surface area (TPSA) is 90.2 Å². The molecule has 1 saturated heterocycles. The van der Waals surface area contributed by atoms with Gasteiger partial charge in [-0.15, -0.1) is 0 Å². The average Bonchev–Trinajstić information content (AvgIpc) is 3.46. The van der Waals surface area contributed by atoms with Gasteiger partial charge in [0.15, 0.2) is 0 Å². The maximum atomic E-state index is 13.8. The molecule has 2 aromatic rings. The van der Waals surface area contributed by atoms with Gasteiger partial charge in [0, 0.05) is 36.2 Å². The number of halogens is 1. The molecule has 182 valence electrons. The van der Waals surface area contributed by atoms with Gasteiger partial charge in [-0.3, -0.25) is 9.59 Å². The van der Waals surface area contributed by atoms with Crippen LogP contribution in [0.5, 0.6) is 0 Å². The maximum Gasteiger partial charge on any atom is 0.245 e. The lowest BCUT2D eigenvalue weighted by Crippen LogP contribution is -2.56. The molecular formula is C26H34FN5O2. The number of aromatic nitrogens is 1. The number of hydrogen-bond acceptors (Lipinski definition) is 4. The molecule has 2 fully saturated rings. The van der Waals surface area contributed by atoms with E-state index < -0.39 is 6.04 Å². The van der Waals surface area contributed by atoms with E-state index in [4.69, 9.17) is 0 Å². The molecule has 7 nitrogen and oxygen atoms in total. The Morgan fingerprint density at radius 3 is 2.68 bits per heavy atom. The predicted molar refractivity (Wildman–Crippen MR) is 128 cm³/mol. The van der Waals surface area contributed by atoms with Crippen LogP contribution in [0.1, 0.15) is 57.4 Å². The van der Waals surface area contributed by atoms with Crippen LogP contribution < -0.4 is 10.6 Å². The van der Waals surface area contributed by atoms with E-state index in [0.29, 0.717) is 24.0 Å². The number of nitrogens with one attached hydrogen (secondary N) is 2. The highest BCUT2D eigenvalue weighted by Gasteiger charge is 2.38. The second-order valence-corrected chi connectivity index (χ2v) is 9.69. The third kappa shape index (κ3) is 4.95. The third-order valence-corrected chi connectivity index (χ3v) is 7.54. The minimum absolute atomic E-state index is 0.00549. The lowest BCUT2D eigenvalue weighted by atomic mass is 9.83. The largest absolute Gasteiger partial charge is 0.344 e. The minimum atomic E-state index is -0.519. The summed E-state index contributed by atoms with van der Waals surface area (Å²) in [6.45, 7) is 2.99. The van der Waals surface area contributed by atoms with Crippen LogP contribution in [-0.2, 0) is 16.1 Å². The van der Waals surface area contributed by atoms with E-state index in [1.54, 1.807) is 26.2 Å². The number of carbonyl (C=O) groups is 2. The number of likely N-dealkylation sites (tertiary alicyclic amines) is 1. The Morgan fingerprint density at radius 1 is 1.21 bits per heavy atom. The SMILES string of the molecule is CN[C@@H](C)C(=O)N[C@H](C(=O)N1CCC[C@H]1Cn1cc(C#N)c2cc(F)ccc21)C1CCCCC1. The van der Waals surface area contributed by atoms with Crippen LogP contribution in [0.4, 0.5) is 4.39 Å². The number of likely N-dealkylation sites (N-methyl/N-ethyl adjacent to an activating group) is 1. The molecule has 0 unspecified atom stereocenters. The molecule has 3 atom stereocenters. The number of carbonyl (C=O) groups excluding carboxylic acids is 2. The Morgan fingerprint density at radius 2 is 1.97 bits per heavy atom. The fourth-order valence-corrected chi connectivity index (χ4v) is 5.49. The normalized spacial score (nSPS) is 20.8. The van der Waals surface area contributed by atoms with Crippen LogP contribution in [-0.4, -0.2) is 53.0 Å². The molecule has 1 aromatic heterocycles. The zero-order valence-electron chi connectivity index (χ0n) is 20.0. The third-order valence-electron chi connectivity index (χ3n) is 7.54. The fourth-order valence-electron chi connectivity index (χ4n) is 5.49. The van der Waals surface area contributed by atoms with Crippen molar-refractivity contribution in [2.45, 2.75) is 76.5 Å². The summed E-state index contributed by atoms with van der Waals surface area (Å²) >= 11 is 0. The highest BCUT2D eigenvalue weighted by molar-refractivity contribution is 5.90. The minimum Gasteiger partial charge on any atom is -0.344 e. The summed E-state index contributed by atoms with van der Waals surface area (Å²) < 4.78 is 15.7. The molecule has 1 aliphatic heterocycles. The van der Waals surface area contributed by atoms with Crippen LogP contribution in [0.15, 0.2) is 24.4 Å². The van der Waals surface area contributed by atoms with Crippen molar-refractivity contribution in [3.8, 4) is 6.07 Å². The smallest absolute Gasteiger partial charge is 0.245 e. The lowest BCUT2D eigenvalue weighted by Gasteiger charge is -2.35. The first kappa shape index (κ1) is 24.2. The zero-order chi connectivity index (χ0) is 24.2. The van der Waals surface area contributed by atoms with Gasteiger partial charge in [0.25, 0.3) is 0 Å². The number of hydrogen-bond donors (Lipinski definition) is 2.